The number of H-pyrrole nitrogens is 1. The van der Waals surface area contributed by atoms with Gasteiger partial charge in [0.1, 0.15) is 11.6 Å². The van der Waals surface area contributed by atoms with Gasteiger partial charge < -0.3 is 10.6 Å². The van der Waals surface area contributed by atoms with E-state index in [9.17, 15) is 0 Å². The van der Waals surface area contributed by atoms with Crippen molar-refractivity contribution in [3.8, 4) is 6.07 Å². The molecule has 32 heavy (non-hydrogen) atoms. The van der Waals surface area contributed by atoms with Crippen LogP contribution in [0.3, 0.4) is 0 Å². The number of aromatic nitrogens is 4. The topological polar surface area (TPSA) is 106 Å². The lowest BCUT2D eigenvalue weighted by molar-refractivity contribution is 0.136. The van der Waals surface area contributed by atoms with Crippen molar-refractivity contribution >= 4 is 28.4 Å². The lowest BCUT2D eigenvalue weighted by Crippen LogP contribution is -2.47. The molecule has 2 saturated heterocycles. The lowest BCUT2D eigenvalue weighted by Gasteiger charge is -2.39. The molecule has 3 fully saturated rings. The zero-order valence-corrected chi connectivity index (χ0v) is 18.1. The van der Waals surface area contributed by atoms with Crippen LogP contribution in [0.15, 0.2) is 30.5 Å². The first-order valence-electron chi connectivity index (χ1n) is 11.7. The Hall–Kier alpha value is -3.18. The number of nitrogens with one attached hydrogen (secondary N) is 3. The second-order valence-corrected chi connectivity index (χ2v) is 9.38. The predicted molar refractivity (Wildman–Crippen MR) is 124 cm³/mol. The number of nitrogens with zero attached hydrogens (tertiary/aromatic N) is 5. The monoisotopic (exact) mass is 428 g/mol. The van der Waals surface area contributed by atoms with Crippen LogP contribution in [0.4, 0.5) is 17.5 Å². The Labute approximate surface area is 187 Å². The number of hydrogen-bond donors (Lipinski definition) is 3. The summed E-state index contributed by atoms with van der Waals surface area (Å²) in [6, 6.07) is 11.9. The minimum Gasteiger partial charge on any atom is -0.367 e. The van der Waals surface area contributed by atoms with E-state index in [1.54, 1.807) is 0 Å². The molecule has 3 N–H and O–H groups in total. The van der Waals surface area contributed by atoms with E-state index in [-0.39, 0.29) is 0 Å². The van der Waals surface area contributed by atoms with Gasteiger partial charge in [-0.05, 0) is 50.7 Å². The van der Waals surface area contributed by atoms with Crippen molar-refractivity contribution in [2.45, 2.75) is 69.0 Å². The molecule has 0 amide bonds. The van der Waals surface area contributed by atoms with E-state index >= 15 is 0 Å². The molecule has 1 saturated carbocycles. The zero-order chi connectivity index (χ0) is 21.5. The van der Waals surface area contributed by atoms with Crippen LogP contribution in [0.5, 0.6) is 0 Å². The van der Waals surface area contributed by atoms with E-state index in [4.69, 9.17) is 10.2 Å². The minimum absolute atomic E-state index is 0.379. The van der Waals surface area contributed by atoms with Gasteiger partial charge in [0.2, 0.25) is 0 Å². The van der Waals surface area contributed by atoms with E-state index in [1.165, 1.54) is 31.4 Å². The van der Waals surface area contributed by atoms with Gasteiger partial charge in [-0.15, -0.1) is 0 Å². The van der Waals surface area contributed by atoms with Gasteiger partial charge in [-0.25, -0.2) is 4.98 Å². The second-order valence-electron chi connectivity index (χ2n) is 9.38. The molecular formula is C24H28N8. The SMILES string of the molecule is N#CCCN1C2CCC1CC(Nc1nc(Nc3cc(C4CC4)[nH]n3)cc3ncccc13)C2. The zero-order valence-electron chi connectivity index (χ0n) is 18.1. The van der Waals surface area contributed by atoms with Gasteiger partial charge in [0.15, 0.2) is 5.82 Å². The predicted octanol–water partition coefficient (Wildman–Crippen LogP) is 4.29. The van der Waals surface area contributed by atoms with Gasteiger partial charge >= 0.3 is 0 Å². The Morgan fingerprint density at radius 3 is 2.75 bits per heavy atom. The van der Waals surface area contributed by atoms with E-state index in [0.29, 0.717) is 30.5 Å². The highest BCUT2D eigenvalue weighted by atomic mass is 15.2. The number of fused-ring (bicyclic) bond motifs is 3. The quantitative estimate of drug-likeness (QED) is 0.515. The maximum Gasteiger partial charge on any atom is 0.153 e. The summed E-state index contributed by atoms with van der Waals surface area (Å²) >= 11 is 0. The first kappa shape index (κ1) is 19.5. The summed E-state index contributed by atoms with van der Waals surface area (Å²) < 4.78 is 0. The van der Waals surface area contributed by atoms with Crippen molar-refractivity contribution in [3.05, 3.63) is 36.2 Å². The third kappa shape index (κ3) is 3.78. The molecule has 2 aliphatic heterocycles. The molecular weight excluding hydrogens is 400 g/mol. The van der Waals surface area contributed by atoms with Crippen molar-refractivity contribution in [1.29, 1.82) is 5.26 Å². The molecule has 3 aliphatic rings. The largest absolute Gasteiger partial charge is 0.367 e. The van der Waals surface area contributed by atoms with Crippen LogP contribution in [0.25, 0.3) is 10.9 Å². The molecule has 164 valence electrons. The van der Waals surface area contributed by atoms with Gasteiger partial charge in [-0.2, -0.15) is 10.4 Å². The normalized spacial score (nSPS) is 25.0. The molecule has 2 atom stereocenters. The Morgan fingerprint density at radius 1 is 1.12 bits per heavy atom. The van der Waals surface area contributed by atoms with E-state index < -0.39 is 0 Å². The number of anilines is 3. The number of hydrogen-bond acceptors (Lipinski definition) is 7. The third-order valence-corrected chi connectivity index (χ3v) is 7.18. The highest BCUT2D eigenvalue weighted by Crippen LogP contribution is 2.40. The average Bonchev–Trinajstić information content (AvgIpc) is 3.50. The summed E-state index contributed by atoms with van der Waals surface area (Å²) in [5.74, 6) is 3.06. The summed E-state index contributed by atoms with van der Waals surface area (Å²) in [7, 11) is 0. The maximum absolute atomic E-state index is 8.98. The summed E-state index contributed by atoms with van der Waals surface area (Å²) in [5.41, 5.74) is 2.11. The average molecular weight is 429 g/mol. The minimum atomic E-state index is 0.379. The molecule has 0 spiro atoms. The standard InChI is InChI=1S/C24H28N8/c25-8-2-10-32-17-6-7-18(32)12-16(11-17)27-24-19-3-1-9-26-21(19)14-22(29-24)28-23-13-20(30-31-23)15-4-5-15/h1,3,9,13-18H,2,4-7,10-12H2,(H3,27,28,29,30,31). The number of piperidine rings is 1. The van der Waals surface area contributed by atoms with Crippen LogP contribution < -0.4 is 10.6 Å². The highest BCUT2D eigenvalue weighted by Gasteiger charge is 2.40. The van der Waals surface area contributed by atoms with Crippen LogP contribution in [0.2, 0.25) is 0 Å². The molecule has 3 aromatic rings. The van der Waals surface area contributed by atoms with Crippen LogP contribution in [0.1, 0.15) is 56.6 Å². The van der Waals surface area contributed by atoms with E-state index in [1.807, 2.05) is 18.3 Å². The van der Waals surface area contributed by atoms with Crippen molar-refractivity contribution in [2.75, 3.05) is 17.2 Å². The molecule has 8 heteroatoms. The smallest absolute Gasteiger partial charge is 0.153 e. The number of pyridine rings is 2. The molecule has 6 rings (SSSR count). The van der Waals surface area contributed by atoms with Gasteiger partial charge in [0.25, 0.3) is 0 Å². The summed E-state index contributed by atoms with van der Waals surface area (Å²) in [4.78, 5) is 12.1. The Kier molecular flexibility index (Phi) is 4.91. The van der Waals surface area contributed by atoms with Crippen LogP contribution in [-0.4, -0.2) is 49.7 Å². The molecule has 0 radical (unpaired) electrons. The summed E-state index contributed by atoms with van der Waals surface area (Å²) in [5, 5.41) is 24.7. The fourth-order valence-electron chi connectivity index (χ4n) is 5.51. The fraction of sp³-hybridized carbons (Fsp3) is 0.500. The Morgan fingerprint density at radius 2 is 1.97 bits per heavy atom. The molecule has 8 nitrogen and oxygen atoms in total. The first-order valence-corrected chi connectivity index (χ1v) is 11.7. The maximum atomic E-state index is 8.98. The van der Waals surface area contributed by atoms with Gasteiger partial charge in [0.05, 0.1) is 11.6 Å². The fourth-order valence-corrected chi connectivity index (χ4v) is 5.51. The van der Waals surface area contributed by atoms with Crippen molar-refractivity contribution in [2.24, 2.45) is 0 Å². The first-order chi connectivity index (χ1) is 15.8. The van der Waals surface area contributed by atoms with Crippen LogP contribution in [0, 0.1) is 11.3 Å². The Bertz CT molecular complexity index is 1150. The van der Waals surface area contributed by atoms with Gasteiger partial charge in [-0.3, -0.25) is 15.0 Å². The van der Waals surface area contributed by atoms with E-state index in [0.717, 1.165) is 47.7 Å². The molecule has 2 unspecified atom stereocenters. The number of aromatic amines is 1. The molecule has 3 aromatic heterocycles. The van der Waals surface area contributed by atoms with E-state index in [2.05, 4.69) is 48.9 Å². The van der Waals surface area contributed by atoms with Crippen molar-refractivity contribution < 1.29 is 0 Å². The summed E-state index contributed by atoms with van der Waals surface area (Å²) in [6.45, 7) is 0.898. The lowest BCUT2D eigenvalue weighted by atomic mass is 9.97. The number of rotatable bonds is 7. The van der Waals surface area contributed by atoms with Crippen LogP contribution >= 0.6 is 0 Å². The highest BCUT2D eigenvalue weighted by molar-refractivity contribution is 5.91. The molecule has 0 aromatic carbocycles. The number of nitriles is 1. The molecule has 5 heterocycles. The molecule has 1 aliphatic carbocycles. The van der Waals surface area contributed by atoms with Crippen LogP contribution in [-0.2, 0) is 0 Å². The Balaban J connectivity index is 1.23. The summed E-state index contributed by atoms with van der Waals surface area (Å²) in [6.07, 6.45) is 9.56. The van der Waals surface area contributed by atoms with Gasteiger partial charge in [0, 0.05) is 66.4 Å². The third-order valence-electron chi connectivity index (χ3n) is 7.18. The molecule has 2 bridgehead atoms. The van der Waals surface area contributed by atoms with Crippen molar-refractivity contribution in [1.82, 2.24) is 25.1 Å². The van der Waals surface area contributed by atoms with Crippen molar-refractivity contribution in [3.63, 3.8) is 0 Å². The second kappa shape index (κ2) is 8.06. The van der Waals surface area contributed by atoms with Gasteiger partial charge in [-0.1, -0.05) is 0 Å².